The molecule has 3 nitrogen and oxygen atoms in total. The Morgan fingerprint density at radius 3 is 2.72 bits per heavy atom. The Hall–Kier alpha value is -1.06. The van der Waals surface area contributed by atoms with Crippen LogP contribution in [0.2, 0.25) is 5.02 Å². The third-order valence-electron chi connectivity index (χ3n) is 3.59. The van der Waals surface area contributed by atoms with Gasteiger partial charge in [-0.25, -0.2) is 0 Å². The van der Waals surface area contributed by atoms with Crippen molar-refractivity contribution in [2.24, 2.45) is 0 Å². The van der Waals surface area contributed by atoms with Crippen molar-refractivity contribution in [2.75, 3.05) is 13.1 Å². The van der Waals surface area contributed by atoms with Gasteiger partial charge in [-0.15, -0.1) is 0 Å². The van der Waals surface area contributed by atoms with Gasteiger partial charge >= 0.3 is 5.97 Å². The largest absolute Gasteiger partial charge is 0.480 e. The van der Waals surface area contributed by atoms with Crippen LogP contribution < -0.4 is 0 Å². The smallest absolute Gasteiger partial charge is 0.321 e. The molecular weight excluding hydrogens is 250 g/mol. The van der Waals surface area contributed by atoms with E-state index in [2.05, 4.69) is 4.90 Å². The summed E-state index contributed by atoms with van der Waals surface area (Å²) >= 11 is 5.98. The molecule has 1 atom stereocenters. The lowest BCUT2D eigenvalue weighted by Gasteiger charge is -2.24. The number of benzene rings is 1. The van der Waals surface area contributed by atoms with Gasteiger partial charge in [0.2, 0.25) is 0 Å². The maximum Gasteiger partial charge on any atom is 0.321 e. The number of carbonyl (C=O) groups is 1. The molecule has 1 aliphatic heterocycles. The molecule has 0 unspecified atom stereocenters. The zero-order valence-electron chi connectivity index (χ0n) is 10.5. The van der Waals surface area contributed by atoms with Crippen LogP contribution in [0.3, 0.4) is 0 Å². The van der Waals surface area contributed by atoms with Gasteiger partial charge in [-0.05, 0) is 62.5 Å². The molecule has 0 bridgehead atoms. The highest BCUT2D eigenvalue weighted by molar-refractivity contribution is 6.30. The highest BCUT2D eigenvalue weighted by atomic mass is 35.5. The minimum absolute atomic E-state index is 0.426. The molecule has 1 N–H and O–H groups in total. The fourth-order valence-corrected chi connectivity index (χ4v) is 2.69. The molecule has 1 aromatic rings. The zero-order valence-corrected chi connectivity index (χ0v) is 11.3. The Kier molecular flexibility index (Phi) is 4.25. The summed E-state index contributed by atoms with van der Waals surface area (Å²) in [5.41, 5.74) is 2.13. The van der Waals surface area contributed by atoms with Crippen molar-refractivity contribution in [2.45, 2.75) is 32.2 Å². The summed E-state index contributed by atoms with van der Waals surface area (Å²) in [7, 11) is 0. The Labute approximate surface area is 112 Å². The molecule has 98 valence electrons. The van der Waals surface area contributed by atoms with E-state index in [1.54, 1.807) is 0 Å². The maximum absolute atomic E-state index is 11.4. The van der Waals surface area contributed by atoms with Crippen LogP contribution in [0.4, 0.5) is 0 Å². The van der Waals surface area contributed by atoms with E-state index in [-0.39, 0.29) is 0 Å². The molecule has 1 fully saturated rings. The molecule has 4 heteroatoms. The molecule has 1 heterocycles. The quantitative estimate of drug-likeness (QED) is 0.912. The van der Waals surface area contributed by atoms with Crippen LogP contribution in [-0.4, -0.2) is 35.1 Å². The predicted molar refractivity (Wildman–Crippen MR) is 72.1 cm³/mol. The molecule has 2 rings (SSSR count). The molecule has 1 saturated heterocycles. The van der Waals surface area contributed by atoms with E-state index in [0.29, 0.717) is 11.4 Å². The summed E-state index contributed by atoms with van der Waals surface area (Å²) in [6.45, 7) is 3.77. The van der Waals surface area contributed by atoms with Gasteiger partial charge in [-0.2, -0.15) is 0 Å². The van der Waals surface area contributed by atoms with Crippen molar-refractivity contribution in [3.8, 4) is 0 Å². The molecule has 0 aliphatic carbocycles. The summed E-state index contributed by atoms with van der Waals surface area (Å²) in [5.74, 6) is -0.740. The number of hydrogen-bond acceptors (Lipinski definition) is 2. The monoisotopic (exact) mass is 267 g/mol. The Balaban J connectivity index is 2.17. The fraction of sp³-hybridized carbons (Fsp3) is 0.500. The molecule has 0 saturated carbocycles. The first-order valence-electron chi connectivity index (χ1n) is 6.30. The van der Waals surface area contributed by atoms with Crippen LogP contribution in [-0.2, 0) is 11.2 Å². The predicted octanol–water partition coefficient (Wildman–Crippen LogP) is 2.74. The standard InChI is InChI=1S/C14H18ClNO2/c1-10-4-5-12(15)8-11(10)9-13(14(17)18)16-6-2-3-7-16/h4-5,8,13H,2-3,6-7,9H2,1H3,(H,17,18)/t13-/m0/s1. The number of rotatable bonds is 4. The van der Waals surface area contributed by atoms with E-state index in [1.807, 2.05) is 25.1 Å². The van der Waals surface area contributed by atoms with Crippen molar-refractivity contribution >= 4 is 17.6 Å². The molecule has 0 spiro atoms. The maximum atomic E-state index is 11.4. The number of aliphatic carboxylic acids is 1. The summed E-state index contributed by atoms with van der Waals surface area (Å²) in [6, 6.07) is 5.24. The lowest BCUT2D eigenvalue weighted by molar-refractivity contribution is -0.142. The molecule has 18 heavy (non-hydrogen) atoms. The Morgan fingerprint density at radius 2 is 2.11 bits per heavy atom. The Bertz CT molecular complexity index is 441. The topological polar surface area (TPSA) is 40.5 Å². The van der Waals surface area contributed by atoms with E-state index in [1.165, 1.54) is 0 Å². The summed E-state index contributed by atoms with van der Waals surface area (Å²) in [6.07, 6.45) is 2.72. The SMILES string of the molecule is Cc1ccc(Cl)cc1C[C@@H](C(=O)O)N1CCCC1. The Morgan fingerprint density at radius 1 is 1.44 bits per heavy atom. The molecule has 1 aliphatic rings. The van der Waals surface area contributed by atoms with E-state index in [0.717, 1.165) is 37.1 Å². The van der Waals surface area contributed by atoms with Crippen molar-refractivity contribution in [3.63, 3.8) is 0 Å². The van der Waals surface area contributed by atoms with Crippen molar-refractivity contribution in [3.05, 3.63) is 34.3 Å². The van der Waals surface area contributed by atoms with Gasteiger partial charge in [-0.3, -0.25) is 9.69 Å². The third-order valence-corrected chi connectivity index (χ3v) is 3.83. The average Bonchev–Trinajstić information content (AvgIpc) is 2.83. The minimum Gasteiger partial charge on any atom is -0.480 e. The van der Waals surface area contributed by atoms with Crippen LogP contribution in [0, 0.1) is 6.92 Å². The number of likely N-dealkylation sites (tertiary alicyclic amines) is 1. The normalized spacial score (nSPS) is 17.9. The van der Waals surface area contributed by atoms with E-state index >= 15 is 0 Å². The number of nitrogens with zero attached hydrogens (tertiary/aromatic N) is 1. The van der Waals surface area contributed by atoms with Crippen LogP contribution in [0.1, 0.15) is 24.0 Å². The second kappa shape index (κ2) is 5.72. The van der Waals surface area contributed by atoms with Crippen molar-refractivity contribution < 1.29 is 9.90 Å². The van der Waals surface area contributed by atoms with E-state index < -0.39 is 12.0 Å². The van der Waals surface area contributed by atoms with Gasteiger partial charge in [-0.1, -0.05) is 17.7 Å². The van der Waals surface area contributed by atoms with Gasteiger partial charge in [0.1, 0.15) is 6.04 Å². The number of aryl methyl sites for hydroxylation is 1. The first kappa shape index (κ1) is 13.4. The summed E-state index contributed by atoms with van der Waals surface area (Å²) in [4.78, 5) is 13.5. The van der Waals surface area contributed by atoms with Crippen molar-refractivity contribution in [1.82, 2.24) is 4.90 Å². The second-order valence-corrected chi connectivity index (χ2v) is 5.31. The zero-order chi connectivity index (χ0) is 13.1. The van der Waals surface area contributed by atoms with Gasteiger partial charge in [0, 0.05) is 5.02 Å². The summed E-state index contributed by atoms with van der Waals surface area (Å²) < 4.78 is 0. The number of carboxylic acids is 1. The van der Waals surface area contributed by atoms with Crippen molar-refractivity contribution in [1.29, 1.82) is 0 Å². The molecular formula is C14H18ClNO2. The van der Waals surface area contributed by atoms with Gasteiger partial charge in [0.15, 0.2) is 0 Å². The van der Waals surface area contributed by atoms with E-state index in [9.17, 15) is 9.90 Å². The highest BCUT2D eigenvalue weighted by Gasteiger charge is 2.28. The van der Waals surface area contributed by atoms with E-state index in [4.69, 9.17) is 11.6 Å². The van der Waals surface area contributed by atoms with Gasteiger partial charge in [0.05, 0.1) is 0 Å². The van der Waals surface area contributed by atoms with Crippen LogP contribution in [0.15, 0.2) is 18.2 Å². The van der Waals surface area contributed by atoms with Gasteiger partial charge in [0.25, 0.3) is 0 Å². The second-order valence-electron chi connectivity index (χ2n) is 4.87. The molecule has 1 aromatic carbocycles. The first-order chi connectivity index (χ1) is 8.58. The minimum atomic E-state index is -0.740. The first-order valence-corrected chi connectivity index (χ1v) is 6.67. The lowest BCUT2D eigenvalue weighted by Crippen LogP contribution is -2.41. The van der Waals surface area contributed by atoms with Crippen LogP contribution in [0.25, 0.3) is 0 Å². The fourth-order valence-electron chi connectivity index (χ4n) is 2.49. The molecule has 0 radical (unpaired) electrons. The molecule has 0 amide bonds. The van der Waals surface area contributed by atoms with Gasteiger partial charge < -0.3 is 5.11 Å². The molecule has 0 aromatic heterocycles. The third kappa shape index (κ3) is 3.03. The summed E-state index contributed by atoms with van der Waals surface area (Å²) in [5, 5.41) is 10.0. The number of halogens is 1. The van der Waals surface area contributed by atoms with Crippen LogP contribution in [0.5, 0.6) is 0 Å². The lowest BCUT2D eigenvalue weighted by atomic mass is 10.0. The number of carboxylic acid groups (broad SMARTS) is 1. The average molecular weight is 268 g/mol. The number of hydrogen-bond donors (Lipinski definition) is 1. The highest BCUT2D eigenvalue weighted by Crippen LogP contribution is 2.21. The van der Waals surface area contributed by atoms with Crippen LogP contribution >= 0.6 is 11.6 Å².